The highest BCUT2D eigenvalue weighted by Gasteiger charge is 2.24. The summed E-state index contributed by atoms with van der Waals surface area (Å²) in [7, 11) is 0. The Morgan fingerprint density at radius 2 is 1.62 bits per heavy atom. The van der Waals surface area contributed by atoms with Gasteiger partial charge in [-0.05, 0) is 38.1 Å². The predicted molar refractivity (Wildman–Crippen MR) is 113 cm³/mol. The molecule has 1 saturated heterocycles. The zero-order valence-corrected chi connectivity index (χ0v) is 16.9. The van der Waals surface area contributed by atoms with Crippen LogP contribution in [0.25, 0.3) is 0 Å². The van der Waals surface area contributed by atoms with Gasteiger partial charge in [-0.15, -0.1) is 0 Å². The summed E-state index contributed by atoms with van der Waals surface area (Å²) in [4.78, 5) is 28.8. The van der Waals surface area contributed by atoms with Crippen LogP contribution in [-0.2, 0) is 4.74 Å². The maximum Gasteiger partial charge on any atom is 0.340 e. The topological polar surface area (TPSA) is 71.1 Å². The van der Waals surface area contributed by atoms with Crippen LogP contribution in [0.5, 0.6) is 5.75 Å². The molecule has 0 atom stereocenters. The van der Waals surface area contributed by atoms with E-state index in [4.69, 9.17) is 9.47 Å². The van der Waals surface area contributed by atoms with Crippen molar-refractivity contribution in [2.45, 2.75) is 13.8 Å². The molecule has 2 aromatic rings. The van der Waals surface area contributed by atoms with E-state index in [1.165, 1.54) is 0 Å². The van der Waals surface area contributed by atoms with Crippen LogP contribution in [-0.4, -0.2) is 56.3 Å². The van der Waals surface area contributed by atoms with Gasteiger partial charge in [-0.2, -0.15) is 0 Å². The average Bonchev–Trinajstić information content (AvgIpc) is 2.75. The maximum absolute atomic E-state index is 12.7. The standard InChI is InChI=1S/C22H27N3O4/c1-3-28-20-12-8-6-10-18(20)23-22(27)25-15-13-24(14-16-25)19-11-7-5-9-17(19)21(26)29-4-2/h5-12H,3-4,13-16H2,1-2H3,(H,23,27). The molecule has 7 heteroatoms. The third kappa shape index (κ3) is 4.99. The number of amides is 2. The second-order valence-electron chi connectivity index (χ2n) is 6.57. The number of esters is 1. The van der Waals surface area contributed by atoms with Crippen LogP contribution in [0.15, 0.2) is 48.5 Å². The number of carbonyl (C=O) groups excluding carboxylic acids is 2. The van der Waals surface area contributed by atoms with Crippen molar-refractivity contribution in [3.8, 4) is 5.75 Å². The Hall–Kier alpha value is -3.22. The number of carbonyl (C=O) groups is 2. The first-order valence-electron chi connectivity index (χ1n) is 9.92. The molecule has 2 amide bonds. The fourth-order valence-corrected chi connectivity index (χ4v) is 3.33. The number of rotatable bonds is 6. The molecule has 1 N–H and O–H groups in total. The molecule has 0 spiro atoms. The average molecular weight is 397 g/mol. The molecular weight excluding hydrogens is 370 g/mol. The number of para-hydroxylation sites is 3. The van der Waals surface area contributed by atoms with Crippen molar-refractivity contribution >= 4 is 23.4 Å². The summed E-state index contributed by atoms with van der Waals surface area (Å²) in [6.45, 7) is 6.96. The number of nitrogens with zero attached hydrogens (tertiary/aromatic N) is 2. The summed E-state index contributed by atoms with van der Waals surface area (Å²) in [5, 5.41) is 2.94. The van der Waals surface area contributed by atoms with Gasteiger partial charge in [0, 0.05) is 26.2 Å². The quantitative estimate of drug-likeness (QED) is 0.754. The van der Waals surface area contributed by atoms with Gasteiger partial charge < -0.3 is 24.6 Å². The molecule has 0 unspecified atom stereocenters. The number of urea groups is 1. The highest BCUT2D eigenvalue weighted by molar-refractivity contribution is 5.96. The van der Waals surface area contributed by atoms with Gasteiger partial charge >= 0.3 is 12.0 Å². The summed E-state index contributed by atoms with van der Waals surface area (Å²) in [5.41, 5.74) is 2.06. The molecule has 0 radical (unpaired) electrons. The molecule has 0 aliphatic carbocycles. The lowest BCUT2D eigenvalue weighted by Crippen LogP contribution is -2.50. The van der Waals surface area contributed by atoms with Crippen LogP contribution in [0.1, 0.15) is 24.2 Å². The Morgan fingerprint density at radius 3 is 2.34 bits per heavy atom. The molecule has 0 aromatic heterocycles. The molecule has 1 aliphatic rings. The molecule has 3 rings (SSSR count). The second kappa shape index (κ2) is 9.82. The number of nitrogens with one attached hydrogen (secondary N) is 1. The van der Waals surface area contributed by atoms with E-state index in [9.17, 15) is 9.59 Å². The smallest absolute Gasteiger partial charge is 0.340 e. The normalized spacial score (nSPS) is 13.7. The molecule has 154 valence electrons. The lowest BCUT2D eigenvalue weighted by molar-refractivity contribution is 0.0527. The maximum atomic E-state index is 12.7. The van der Waals surface area contributed by atoms with E-state index in [0.717, 1.165) is 5.69 Å². The van der Waals surface area contributed by atoms with Crippen molar-refractivity contribution in [3.05, 3.63) is 54.1 Å². The SMILES string of the molecule is CCOC(=O)c1ccccc1N1CCN(C(=O)Nc2ccccc2OCC)CC1. The van der Waals surface area contributed by atoms with Crippen LogP contribution in [0, 0.1) is 0 Å². The van der Waals surface area contributed by atoms with Crippen molar-refractivity contribution < 1.29 is 19.1 Å². The lowest BCUT2D eigenvalue weighted by Gasteiger charge is -2.36. The number of piperazine rings is 1. The van der Waals surface area contributed by atoms with E-state index in [1.807, 2.05) is 49.4 Å². The van der Waals surface area contributed by atoms with Gasteiger partial charge in [0.15, 0.2) is 0 Å². The van der Waals surface area contributed by atoms with E-state index in [-0.39, 0.29) is 12.0 Å². The molecule has 1 aliphatic heterocycles. The third-order valence-electron chi connectivity index (χ3n) is 4.74. The van der Waals surface area contributed by atoms with Crippen LogP contribution >= 0.6 is 0 Å². The molecule has 0 saturated carbocycles. The Morgan fingerprint density at radius 1 is 0.931 bits per heavy atom. The van der Waals surface area contributed by atoms with Crippen molar-refractivity contribution in [1.29, 1.82) is 0 Å². The molecule has 29 heavy (non-hydrogen) atoms. The Balaban J connectivity index is 1.63. The summed E-state index contributed by atoms with van der Waals surface area (Å²) < 4.78 is 10.7. The number of ether oxygens (including phenoxy) is 2. The first-order valence-corrected chi connectivity index (χ1v) is 9.92. The fourth-order valence-electron chi connectivity index (χ4n) is 3.33. The van der Waals surface area contributed by atoms with Gasteiger partial charge in [0.25, 0.3) is 0 Å². The van der Waals surface area contributed by atoms with Crippen LogP contribution < -0.4 is 15.0 Å². The minimum Gasteiger partial charge on any atom is -0.492 e. The van der Waals surface area contributed by atoms with Gasteiger partial charge in [0.2, 0.25) is 0 Å². The molecular formula is C22H27N3O4. The monoisotopic (exact) mass is 397 g/mol. The summed E-state index contributed by atoms with van der Waals surface area (Å²) in [5.74, 6) is 0.334. The molecule has 2 aromatic carbocycles. The second-order valence-corrected chi connectivity index (χ2v) is 6.57. The summed E-state index contributed by atoms with van der Waals surface area (Å²) >= 11 is 0. The number of hydrogen-bond acceptors (Lipinski definition) is 5. The van der Waals surface area contributed by atoms with E-state index in [1.54, 1.807) is 17.9 Å². The van der Waals surface area contributed by atoms with Gasteiger partial charge in [-0.3, -0.25) is 0 Å². The first-order chi connectivity index (χ1) is 14.1. The first kappa shape index (κ1) is 20.5. The van der Waals surface area contributed by atoms with E-state index in [2.05, 4.69) is 10.2 Å². The Bertz CT molecular complexity index is 847. The van der Waals surface area contributed by atoms with Crippen molar-refractivity contribution in [2.75, 3.05) is 49.6 Å². The van der Waals surface area contributed by atoms with Crippen molar-refractivity contribution in [1.82, 2.24) is 4.90 Å². The van der Waals surface area contributed by atoms with E-state index < -0.39 is 0 Å². The highest BCUT2D eigenvalue weighted by Crippen LogP contribution is 2.25. The van der Waals surface area contributed by atoms with Gasteiger partial charge in [-0.25, -0.2) is 9.59 Å². The van der Waals surface area contributed by atoms with Crippen molar-refractivity contribution in [2.24, 2.45) is 0 Å². The van der Waals surface area contributed by atoms with Crippen LogP contribution in [0.3, 0.4) is 0 Å². The fraction of sp³-hybridized carbons (Fsp3) is 0.364. The summed E-state index contributed by atoms with van der Waals surface area (Å²) in [6.07, 6.45) is 0. The minimum absolute atomic E-state index is 0.157. The molecule has 1 heterocycles. The molecule has 0 bridgehead atoms. The van der Waals surface area contributed by atoms with E-state index >= 15 is 0 Å². The van der Waals surface area contributed by atoms with Crippen LogP contribution in [0.2, 0.25) is 0 Å². The molecule has 1 fully saturated rings. The third-order valence-corrected chi connectivity index (χ3v) is 4.74. The number of anilines is 2. The van der Waals surface area contributed by atoms with E-state index in [0.29, 0.717) is 56.4 Å². The number of benzene rings is 2. The van der Waals surface area contributed by atoms with Crippen molar-refractivity contribution in [3.63, 3.8) is 0 Å². The minimum atomic E-state index is -0.323. The highest BCUT2D eigenvalue weighted by atomic mass is 16.5. The lowest BCUT2D eigenvalue weighted by atomic mass is 10.1. The zero-order valence-electron chi connectivity index (χ0n) is 16.9. The number of hydrogen-bond donors (Lipinski definition) is 1. The zero-order chi connectivity index (χ0) is 20.6. The predicted octanol–water partition coefficient (Wildman–Crippen LogP) is 3.62. The van der Waals surface area contributed by atoms with Crippen LogP contribution in [0.4, 0.5) is 16.2 Å². The molecule has 7 nitrogen and oxygen atoms in total. The van der Waals surface area contributed by atoms with Gasteiger partial charge in [-0.1, -0.05) is 24.3 Å². The van der Waals surface area contributed by atoms with Gasteiger partial charge in [0.1, 0.15) is 5.75 Å². The van der Waals surface area contributed by atoms with Gasteiger partial charge in [0.05, 0.1) is 30.2 Å². The Kier molecular flexibility index (Phi) is 6.94. The Labute approximate surface area is 171 Å². The largest absolute Gasteiger partial charge is 0.492 e. The summed E-state index contributed by atoms with van der Waals surface area (Å²) in [6, 6.07) is 14.7.